The second-order valence-electron chi connectivity index (χ2n) is 5.95. The van der Waals surface area contributed by atoms with Crippen LogP contribution >= 0.6 is 0 Å². The van der Waals surface area contributed by atoms with Crippen molar-refractivity contribution in [3.8, 4) is 11.5 Å². The molecule has 0 spiro atoms. The molecule has 0 unspecified atom stereocenters. The molecule has 2 aromatic rings. The van der Waals surface area contributed by atoms with E-state index in [1.54, 1.807) is 0 Å². The minimum absolute atomic E-state index is 0.146. The number of piperazine rings is 1. The molecular weight excluding hydrogens is 288 g/mol. The second-order valence-corrected chi connectivity index (χ2v) is 5.95. The minimum Gasteiger partial charge on any atom is -0.457 e. The summed E-state index contributed by atoms with van der Waals surface area (Å²) in [6, 6.07) is 17.0. The molecule has 0 atom stereocenters. The number of para-hydroxylation sites is 1. The van der Waals surface area contributed by atoms with Crippen molar-refractivity contribution < 1.29 is 9.53 Å². The third kappa shape index (κ3) is 4.41. The smallest absolute Gasteiger partial charge is 0.176 e. The topological polar surface area (TPSA) is 32.8 Å². The maximum atomic E-state index is 12.5. The van der Waals surface area contributed by atoms with Gasteiger partial charge < -0.3 is 9.64 Å². The van der Waals surface area contributed by atoms with Crippen LogP contribution in [0.25, 0.3) is 0 Å². The monoisotopic (exact) mass is 310 g/mol. The number of hydrogen-bond donors (Lipinski definition) is 0. The van der Waals surface area contributed by atoms with E-state index in [-0.39, 0.29) is 5.78 Å². The van der Waals surface area contributed by atoms with Crippen LogP contribution in [0.5, 0.6) is 11.5 Å². The fourth-order valence-corrected chi connectivity index (χ4v) is 2.66. The van der Waals surface area contributed by atoms with E-state index >= 15 is 0 Å². The highest BCUT2D eigenvalue weighted by Gasteiger charge is 2.17. The molecule has 120 valence electrons. The summed E-state index contributed by atoms with van der Waals surface area (Å²) < 4.78 is 5.80. The van der Waals surface area contributed by atoms with Crippen LogP contribution in [0.4, 0.5) is 0 Å². The molecule has 1 aliphatic heterocycles. The lowest BCUT2D eigenvalue weighted by Gasteiger charge is -2.31. The van der Waals surface area contributed by atoms with Gasteiger partial charge in [0, 0.05) is 31.7 Å². The highest BCUT2D eigenvalue weighted by atomic mass is 16.5. The summed E-state index contributed by atoms with van der Waals surface area (Å²) in [7, 11) is 2.11. The summed E-state index contributed by atoms with van der Waals surface area (Å²) in [6.07, 6.45) is 0. The Morgan fingerprint density at radius 2 is 1.65 bits per heavy atom. The van der Waals surface area contributed by atoms with Crippen LogP contribution in [-0.4, -0.2) is 55.4 Å². The first kappa shape index (κ1) is 15.7. The number of ether oxygens (including phenoxy) is 1. The van der Waals surface area contributed by atoms with Gasteiger partial charge in [-0.1, -0.05) is 30.3 Å². The van der Waals surface area contributed by atoms with Gasteiger partial charge in [-0.3, -0.25) is 9.69 Å². The standard InChI is InChI=1S/C19H22N2O2/c1-20-10-12-21(13-11-20)15-19(22)16-6-5-9-18(14-16)23-17-7-3-2-4-8-17/h2-9,14H,10-13,15H2,1H3. The number of hydrogen-bond acceptors (Lipinski definition) is 4. The van der Waals surface area contributed by atoms with Crippen molar-refractivity contribution in [3.05, 3.63) is 60.2 Å². The van der Waals surface area contributed by atoms with Gasteiger partial charge in [0.1, 0.15) is 11.5 Å². The maximum absolute atomic E-state index is 12.5. The van der Waals surface area contributed by atoms with Crippen LogP contribution < -0.4 is 4.74 Å². The van der Waals surface area contributed by atoms with Gasteiger partial charge in [-0.2, -0.15) is 0 Å². The highest BCUT2D eigenvalue weighted by molar-refractivity contribution is 5.98. The van der Waals surface area contributed by atoms with Crippen molar-refractivity contribution in [2.45, 2.75) is 0 Å². The predicted molar refractivity (Wildman–Crippen MR) is 91.2 cm³/mol. The number of ketones is 1. The normalized spacial score (nSPS) is 16.2. The zero-order chi connectivity index (χ0) is 16.1. The number of benzene rings is 2. The Morgan fingerprint density at radius 3 is 2.39 bits per heavy atom. The molecule has 1 aliphatic rings. The van der Waals surface area contributed by atoms with Crippen molar-refractivity contribution in [3.63, 3.8) is 0 Å². The molecule has 2 aromatic carbocycles. The van der Waals surface area contributed by atoms with Gasteiger partial charge in [-0.15, -0.1) is 0 Å². The van der Waals surface area contributed by atoms with Crippen LogP contribution in [0, 0.1) is 0 Å². The molecule has 4 heteroatoms. The third-order valence-electron chi connectivity index (χ3n) is 4.10. The van der Waals surface area contributed by atoms with E-state index in [2.05, 4.69) is 16.8 Å². The lowest BCUT2D eigenvalue weighted by Crippen LogP contribution is -2.46. The van der Waals surface area contributed by atoms with Gasteiger partial charge in [0.25, 0.3) is 0 Å². The van der Waals surface area contributed by atoms with Crippen molar-refractivity contribution in [2.24, 2.45) is 0 Å². The molecule has 0 radical (unpaired) electrons. The molecule has 0 saturated carbocycles. The molecule has 0 aromatic heterocycles. The number of nitrogens with zero attached hydrogens (tertiary/aromatic N) is 2. The Balaban J connectivity index is 1.63. The fraction of sp³-hybridized carbons (Fsp3) is 0.316. The van der Waals surface area contributed by atoms with Gasteiger partial charge in [0.05, 0.1) is 6.54 Å². The average molecular weight is 310 g/mol. The summed E-state index contributed by atoms with van der Waals surface area (Å²) in [5.74, 6) is 1.62. The molecule has 23 heavy (non-hydrogen) atoms. The summed E-state index contributed by atoms with van der Waals surface area (Å²) in [5, 5.41) is 0. The van der Waals surface area contributed by atoms with Crippen LogP contribution in [0.3, 0.4) is 0 Å². The van der Waals surface area contributed by atoms with Crippen LogP contribution in [-0.2, 0) is 0 Å². The second kappa shape index (κ2) is 7.40. The Bertz CT molecular complexity index is 649. The minimum atomic E-state index is 0.146. The molecule has 0 amide bonds. The van der Waals surface area contributed by atoms with E-state index in [0.717, 1.165) is 31.9 Å². The predicted octanol–water partition coefficient (Wildman–Crippen LogP) is 2.91. The van der Waals surface area contributed by atoms with Crippen molar-refractivity contribution >= 4 is 5.78 Å². The van der Waals surface area contributed by atoms with Crippen LogP contribution in [0.15, 0.2) is 54.6 Å². The van der Waals surface area contributed by atoms with Gasteiger partial charge in [-0.05, 0) is 31.3 Å². The number of likely N-dealkylation sites (N-methyl/N-ethyl adjacent to an activating group) is 1. The number of rotatable bonds is 5. The van der Waals surface area contributed by atoms with Crippen LogP contribution in [0.2, 0.25) is 0 Å². The van der Waals surface area contributed by atoms with E-state index in [1.807, 2.05) is 54.6 Å². The van der Waals surface area contributed by atoms with Crippen LogP contribution in [0.1, 0.15) is 10.4 Å². The average Bonchev–Trinajstić information content (AvgIpc) is 2.58. The molecule has 3 rings (SSSR count). The van der Waals surface area contributed by atoms with Gasteiger partial charge in [-0.25, -0.2) is 0 Å². The molecule has 0 aliphatic carbocycles. The lowest BCUT2D eigenvalue weighted by atomic mass is 10.1. The number of carbonyl (C=O) groups excluding carboxylic acids is 1. The van der Waals surface area contributed by atoms with Gasteiger partial charge >= 0.3 is 0 Å². The summed E-state index contributed by atoms with van der Waals surface area (Å²) in [5.41, 5.74) is 0.706. The Morgan fingerprint density at radius 1 is 0.957 bits per heavy atom. The van der Waals surface area contributed by atoms with E-state index < -0.39 is 0 Å². The summed E-state index contributed by atoms with van der Waals surface area (Å²) in [6.45, 7) is 4.41. The maximum Gasteiger partial charge on any atom is 0.176 e. The zero-order valence-corrected chi connectivity index (χ0v) is 13.4. The zero-order valence-electron chi connectivity index (χ0n) is 13.4. The first-order valence-corrected chi connectivity index (χ1v) is 7.98. The highest BCUT2D eigenvalue weighted by Crippen LogP contribution is 2.22. The summed E-state index contributed by atoms with van der Waals surface area (Å²) in [4.78, 5) is 17.0. The molecule has 0 bridgehead atoms. The molecule has 1 fully saturated rings. The van der Waals surface area contributed by atoms with E-state index in [0.29, 0.717) is 17.9 Å². The van der Waals surface area contributed by atoms with E-state index in [1.165, 1.54) is 0 Å². The molecule has 0 N–H and O–H groups in total. The van der Waals surface area contributed by atoms with E-state index in [4.69, 9.17) is 4.74 Å². The van der Waals surface area contributed by atoms with Gasteiger partial charge in [0.15, 0.2) is 5.78 Å². The van der Waals surface area contributed by atoms with Crippen molar-refractivity contribution in [2.75, 3.05) is 39.8 Å². The number of carbonyl (C=O) groups is 1. The first-order chi connectivity index (χ1) is 11.2. The Labute approximate surface area is 137 Å². The third-order valence-corrected chi connectivity index (χ3v) is 4.10. The Hall–Kier alpha value is -2.17. The SMILES string of the molecule is CN1CCN(CC(=O)c2cccc(Oc3ccccc3)c2)CC1. The lowest BCUT2D eigenvalue weighted by molar-refractivity contribution is 0.0876. The quantitative estimate of drug-likeness (QED) is 0.795. The number of Topliss-reactive ketones (excluding diaryl/α,β-unsaturated/α-hetero) is 1. The fourth-order valence-electron chi connectivity index (χ4n) is 2.66. The van der Waals surface area contributed by atoms with Crippen molar-refractivity contribution in [1.29, 1.82) is 0 Å². The van der Waals surface area contributed by atoms with Gasteiger partial charge in [0.2, 0.25) is 0 Å². The molecule has 1 heterocycles. The molecule has 4 nitrogen and oxygen atoms in total. The van der Waals surface area contributed by atoms with Crippen molar-refractivity contribution in [1.82, 2.24) is 9.80 Å². The van der Waals surface area contributed by atoms with E-state index in [9.17, 15) is 4.79 Å². The first-order valence-electron chi connectivity index (χ1n) is 7.98. The summed E-state index contributed by atoms with van der Waals surface area (Å²) >= 11 is 0. The molecular formula is C19H22N2O2. The Kier molecular flexibility index (Phi) is 5.05. The molecule has 1 saturated heterocycles. The largest absolute Gasteiger partial charge is 0.457 e.